The van der Waals surface area contributed by atoms with E-state index < -0.39 is 40.8 Å². The van der Waals surface area contributed by atoms with E-state index in [0.717, 1.165) is 0 Å². The van der Waals surface area contributed by atoms with Crippen LogP contribution in [0, 0.1) is 17.6 Å². The Bertz CT molecular complexity index is 472. The number of cyclic esters (lactones) is 2. The molecule has 0 unspecified atom stereocenters. The summed E-state index contributed by atoms with van der Waals surface area (Å²) in [5.41, 5.74) is -1.81. The number of nitrogens with zero attached hydrogens (tertiary/aromatic N) is 1. The monoisotopic (exact) mass is 203 g/mol. The maximum absolute atomic E-state index is 12.9. The summed E-state index contributed by atoms with van der Waals surface area (Å²) in [5.74, 6) is -8.11. The first kappa shape index (κ1) is 8.67. The SMILES string of the molecule is O=C1OC(=O)c2c1nc(F)c(F)c2F. The van der Waals surface area contributed by atoms with Crippen molar-refractivity contribution in [3.8, 4) is 0 Å². The van der Waals surface area contributed by atoms with E-state index in [-0.39, 0.29) is 0 Å². The number of ether oxygens (including phenoxy) is 1. The van der Waals surface area contributed by atoms with Crippen LogP contribution < -0.4 is 0 Å². The zero-order valence-electron chi connectivity index (χ0n) is 6.31. The van der Waals surface area contributed by atoms with Crippen molar-refractivity contribution in [1.29, 1.82) is 0 Å². The standard InChI is InChI=1S/C7F3NO3/c8-2-1-4(7(13)14-6(1)12)11-5(10)3(2)9. The maximum Gasteiger partial charge on any atom is 0.365 e. The van der Waals surface area contributed by atoms with Gasteiger partial charge in [0.25, 0.3) is 5.95 Å². The third kappa shape index (κ3) is 0.918. The van der Waals surface area contributed by atoms with Gasteiger partial charge in [-0.25, -0.2) is 19.0 Å². The minimum atomic E-state index is -1.91. The number of fused-ring (bicyclic) bond motifs is 1. The van der Waals surface area contributed by atoms with Crippen LogP contribution in [-0.2, 0) is 4.74 Å². The van der Waals surface area contributed by atoms with Crippen molar-refractivity contribution >= 4 is 11.9 Å². The molecular weight excluding hydrogens is 203 g/mol. The Kier molecular flexibility index (Phi) is 1.57. The topological polar surface area (TPSA) is 56.3 Å². The minimum absolute atomic E-state index is 0.841. The van der Waals surface area contributed by atoms with Gasteiger partial charge in [0.1, 0.15) is 5.56 Å². The van der Waals surface area contributed by atoms with E-state index in [1.807, 2.05) is 0 Å². The van der Waals surface area contributed by atoms with E-state index in [1.54, 1.807) is 0 Å². The molecule has 0 radical (unpaired) electrons. The molecule has 1 aliphatic rings. The summed E-state index contributed by atoms with van der Waals surface area (Å²) in [6, 6.07) is 0. The van der Waals surface area contributed by atoms with Gasteiger partial charge in [-0.15, -0.1) is 0 Å². The van der Waals surface area contributed by atoms with Gasteiger partial charge in [-0.05, 0) is 0 Å². The van der Waals surface area contributed by atoms with Crippen molar-refractivity contribution in [2.24, 2.45) is 0 Å². The van der Waals surface area contributed by atoms with Gasteiger partial charge in [-0.1, -0.05) is 0 Å². The van der Waals surface area contributed by atoms with Crippen molar-refractivity contribution in [1.82, 2.24) is 4.98 Å². The number of hydrogen-bond acceptors (Lipinski definition) is 4. The fourth-order valence-corrected chi connectivity index (χ4v) is 1.02. The zero-order valence-corrected chi connectivity index (χ0v) is 6.31. The van der Waals surface area contributed by atoms with Gasteiger partial charge >= 0.3 is 11.9 Å². The van der Waals surface area contributed by atoms with Gasteiger partial charge in [0.2, 0.25) is 5.82 Å². The van der Waals surface area contributed by atoms with E-state index in [1.165, 1.54) is 0 Å². The van der Waals surface area contributed by atoms with Crippen LogP contribution >= 0.6 is 0 Å². The van der Waals surface area contributed by atoms with Gasteiger partial charge in [-0.2, -0.15) is 8.78 Å². The van der Waals surface area contributed by atoms with Crippen LogP contribution in [0.4, 0.5) is 13.2 Å². The predicted molar refractivity (Wildman–Crippen MR) is 33.9 cm³/mol. The zero-order chi connectivity index (χ0) is 10.5. The molecule has 0 aliphatic carbocycles. The summed E-state index contributed by atoms with van der Waals surface area (Å²) in [6.07, 6.45) is 0. The molecule has 0 spiro atoms. The largest absolute Gasteiger partial charge is 0.384 e. The van der Waals surface area contributed by atoms with E-state index >= 15 is 0 Å². The number of hydrogen-bond donors (Lipinski definition) is 0. The van der Waals surface area contributed by atoms with Crippen LogP contribution in [-0.4, -0.2) is 16.9 Å². The van der Waals surface area contributed by atoms with Gasteiger partial charge in [0.15, 0.2) is 11.5 Å². The minimum Gasteiger partial charge on any atom is -0.384 e. The number of rotatable bonds is 0. The number of aromatic nitrogens is 1. The number of esters is 2. The van der Waals surface area contributed by atoms with Crippen LogP contribution in [0.5, 0.6) is 0 Å². The van der Waals surface area contributed by atoms with Crippen LogP contribution in [0.25, 0.3) is 0 Å². The average molecular weight is 203 g/mol. The summed E-state index contributed by atoms with van der Waals surface area (Å²) in [7, 11) is 0. The van der Waals surface area contributed by atoms with Gasteiger partial charge < -0.3 is 4.74 Å². The van der Waals surface area contributed by atoms with Crippen LogP contribution in [0.1, 0.15) is 20.8 Å². The van der Waals surface area contributed by atoms with Crippen molar-refractivity contribution < 1.29 is 27.5 Å². The number of carbonyl (C=O) groups excluding carboxylic acids is 2. The van der Waals surface area contributed by atoms with Crippen LogP contribution in [0.15, 0.2) is 0 Å². The highest BCUT2D eigenvalue weighted by Gasteiger charge is 2.37. The molecule has 2 rings (SSSR count). The Morgan fingerprint density at radius 3 is 2.29 bits per heavy atom. The highest BCUT2D eigenvalue weighted by Crippen LogP contribution is 2.23. The molecule has 72 valence electrons. The van der Waals surface area contributed by atoms with Crippen LogP contribution in [0.3, 0.4) is 0 Å². The lowest BCUT2D eigenvalue weighted by molar-refractivity contribution is 0.0440. The third-order valence-electron chi connectivity index (χ3n) is 1.62. The first-order valence-corrected chi connectivity index (χ1v) is 3.33. The van der Waals surface area contributed by atoms with E-state index in [0.29, 0.717) is 0 Å². The molecular formula is C7F3NO3. The molecule has 14 heavy (non-hydrogen) atoms. The first-order valence-electron chi connectivity index (χ1n) is 3.33. The van der Waals surface area contributed by atoms with E-state index in [4.69, 9.17) is 0 Å². The Balaban J connectivity index is 2.82. The molecule has 0 N–H and O–H groups in total. The van der Waals surface area contributed by atoms with Gasteiger partial charge in [0.05, 0.1) is 0 Å². The molecule has 4 nitrogen and oxygen atoms in total. The van der Waals surface area contributed by atoms with Gasteiger partial charge in [-0.3, -0.25) is 0 Å². The summed E-state index contributed by atoms with van der Waals surface area (Å²) < 4.78 is 41.8. The molecule has 0 amide bonds. The quantitative estimate of drug-likeness (QED) is 0.355. The number of carbonyl (C=O) groups is 2. The fraction of sp³-hybridized carbons (Fsp3) is 0. The molecule has 0 saturated carbocycles. The molecule has 1 aliphatic heterocycles. The molecule has 1 aromatic heterocycles. The normalized spacial score (nSPS) is 14.2. The number of pyridine rings is 1. The van der Waals surface area contributed by atoms with Crippen molar-refractivity contribution in [3.05, 3.63) is 28.8 Å². The van der Waals surface area contributed by atoms with Crippen molar-refractivity contribution in [2.45, 2.75) is 0 Å². The van der Waals surface area contributed by atoms with Crippen molar-refractivity contribution in [3.63, 3.8) is 0 Å². The highest BCUT2D eigenvalue weighted by molar-refractivity contribution is 6.13. The number of halogens is 3. The molecule has 0 bridgehead atoms. The average Bonchev–Trinajstić information content (AvgIpc) is 2.38. The second kappa shape index (κ2) is 2.53. The molecule has 0 fully saturated rings. The van der Waals surface area contributed by atoms with E-state index in [2.05, 4.69) is 9.72 Å². The Morgan fingerprint density at radius 1 is 1.00 bits per heavy atom. The first-order chi connectivity index (χ1) is 6.52. The molecule has 2 heterocycles. The lowest BCUT2D eigenvalue weighted by Gasteiger charge is -1.96. The second-order valence-corrected chi connectivity index (χ2v) is 2.43. The predicted octanol–water partition coefficient (Wildman–Crippen LogP) is 0.810. The smallest absolute Gasteiger partial charge is 0.365 e. The Morgan fingerprint density at radius 2 is 1.64 bits per heavy atom. The summed E-state index contributed by atoms with van der Waals surface area (Å²) in [5, 5.41) is 0. The lowest BCUT2D eigenvalue weighted by atomic mass is 10.2. The molecule has 7 heteroatoms. The summed E-state index contributed by atoms with van der Waals surface area (Å²) in [4.78, 5) is 24.2. The fourth-order valence-electron chi connectivity index (χ4n) is 1.02. The second-order valence-electron chi connectivity index (χ2n) is 2.43. The van der Waals surface area contributed by atoms with Crippen molar-refractivity contribution in [2.75, 3.05) is 0 Å². The molecule has 1 aromatic rings. The third-order valence-corrected chi connectivity index (χ3v) is 1.62. The van der Waals surface area contributed by atoms with E-state index in [9.17, 15) is 22.8 Å². The Labute approximate surface area is 74.3 Å². The lowest BCUT2D eigenvalue weighted by Crippen LogP contribution is -2.06. The maximum atomic E-state index is 12.9. The van der Waals surface area contributed by atoms with Gasteiger partial charge in [0, 0.05) is 0 Å². The Hall–Kier alpha value is -1.92. The summed E-state index contributed by atoms with van der Waals surface area (Å²) >= 11 is 0. The summed E-state index contributed by atoms with van der Waals surface area (Å²) in [6.45, 7) is 0. The van der Waals surface area contributed by atoms with Crippen LogP contribution in [0.2, 0.25) is 0 Å². The molecule has 0 aromatic carbocycles. The highest BCUT2D eigenvalue weighted by atomic mass is 19.2. The molecule has 0 saturated heterocycles. The molecule has 0 atom stereocenters.